The van der Waals surface area contributed by atoms with Crippen LogP contribution in [-0.4, -0.2) is 12.6 Å². The lowest BCUT2D eigenvalue weighted by Crippen LogP contribution is -1.97. The molecule has 1 rings (SSSR count). The number of carbonyl (C=O) groups is 1. The molecule has 0 saturated heterocycles. The lowest BCUT2D eigenvalue weighted by molar-refractivity contribution is -0.137. The standard InChI is InChI=1S/C6H6.C5H8O2/c1-2-4-6-5-3-1;1-3-5(6)7-4-2/h1-6H;3H,1,4H2,2H3. The quantitative estimate of drug-likeness (QED) is 0.513. The van der Waals surface area contributed by atoms with E-state index in [1.807, 2.05) is 36.4 Å². The molecule has 0 saturated carbocycles. The van der Waals surface area contributed by atoms with E-state index in [0.29, 0.717) is 6.61 Å². The first-order valence-corrected chi connectivity index (χ1v) is 4.10. The fourth-order valence-electron chi connectivity index (χ4n) is 0.586. The molecule has 0 atom stereocenters. The van der Waals surface area contributed by atoms with Crippen LogP contribution in [0.4, 0.5) is 0 Å². The van der Waals surface area contributed by atoms with Crippen LogP contribution >= 0.6 is 0 Å². The Morgan fingerprint density at radius 1 is 1.23 bits per heavy atom. The summed E-state index contributed by atoms with van der Waals surface area (Å²) in [6.07, 6.45) is 1.14. The molecule has 1 aromatic carbocycles. The predicted octanol–water partition coefficient (Wildman–Crippen LogP) is 2.42. The van der Waals surface area contributed by atoms with Crippen molar-refractivity contribution in [2.75, 3.05) is 6.61 Å². The molecule has 0 N–H and O–H groups in total. The van der Waals surface area contributed by atoms with Gasteiger partial charge in [-0.1, -0.05) is 43.0 Å². The molecule has 2 nitrogen and oxygen atoms in total. The fraction of sp³-hybridized carbons (Fsp3) is 0.182. The van der Waals surface area contributed by atoms with Crippen molar-refractivity contribution in [1.82, 2.24) is 0 Å². The van der Waals surface area contributed by atoms with E-state index in [-0.39, 0.29) is 5.97 Å². The van der Waals surface area contributed by atoms with Crippen LogP contribution in [-0.2, 0) is 9.53 Å². The zero-order valence-corrected chi connectivity index (χ0v) is 7.77. The summed E-state index contributed by atoms with van der Waals surface area (Å²) < 4.78 is 4.43. The van der Waals surface area contributed by atoms with Crippen molar-refractivity contribution in [2.24, 2.45) is 0 Å². The van der Waals surface area contributed by atoms with Crippen molar-refractivity contribution in [2.45, 2.75) is 6.92 Å². The largest absolute Gasteiger partial charge is 0.463 e. The molecule has 0 aliphatic carbocycles. The topological polar surface area (TPSA) is 26.3 Å². The van der Waals surface area contributed by atoms with E-state index in [1.165, 1.54) is 0 Å². The molecular formula is C11H14O2. The third kappa shape index (κ3) is 8.34. The minimum Gasteiger partial charge on any atom is -0.463 e. The minimum atomic E-state index is -0.359. The Hall–Kier alpha value is -1.57. The smallest absolute Gasteiger partial charge is 0.330 e. The number of esters is 1. The van der Waals surface area contributed by atoms with Gasteiger partial charge in [-0.2, -0.15) is 0 Å². The molecule has 0 heterocycles. The van der Waals surface area contributed by atoms with Gasteiger partial charge in [0.25, 0.3) is 0 Å². The Kier molecular flexibility index (Phi) is 7.50. The molecule has 0 fully saturated rings. The number of hydrogen-bond donors (Lipinski definition) is 0. The maximum atomic E-state index is 10.1. The number of ether oxygens (including phenoxy) is 1. The predicted molar refractivity (Wildman–Crippen MR) is 53.3 cm³/mol. The van der Waals surface area contributed by atoms with Gasteiger partial charge in [0.1, 0.15) is 0 Å². The fourth-order valence-corrected chi connectivity index (χ4v) is 0.586. The van der Waals surface area contributed by atoms with E-state index in [1.54, 1.807) is 6.92 Å². The van der Waals surface area contributed by atoms with Crippen LogP contribution in [0, 0.1) is 0 Å². The molecule has 70 valence electrons. The number of carbonyl (C=O) groups excluding carboxylic acids is 1. The van der Waals surface area contributed by atoms with Crippen molar-refractivity contribution in [3.63, 3.8) is 0 Å². The second-order valence-corrected chi connectivity index (χ2v) is 2.11. The van der Waals surface area contributed by atoms with Gasteiger partial charge < -0.3 is 4.74 Å². The average molecular weight is 178 g/mol. The van der Waals surface area contributed by atoms with Gasteiger partial charge >= 0.3 is 5.97 Å². The van der Waals surface area contributed by atoms with Crippen LogP contribution in [0.3, 0.4) is 0 Å². The summed E-state index contributed by atoms with van der Waals surface area (Å²) in [5, 5.41) is 0. The van der Waals surface area contributed by atoms with Crippen molar-refractivity contribution >= 4 is 5.97 Å². The Labute approximate surface area is 78.8 Å². The molecule has 0 unspecified atom stereocenters. The van der Waals surface area contributed by atoms with Gasteiger partial charge in [-0.3, -0.25) is 0 Å². The van der Waals surface area contributed by atoms with E-state index < -0.39 is 0 Å². The van der Waals surface area contributed by atoms with E-state index in [2.05, 4.69) is 11.3 Å². The van der Waals surface area contributed by atoms with Crippen LogP contribution in [0.5, 0.6) is 0 Å². The second kappa shape index (κ2) is 8.53. The monoisotopic (exact) mass is 178 g/mol. The van der Waals surface area contributed by atoms with Crippen molar-refractivity contribution in [3.8, 4) is 0 Å². The third-order valence-electron chi connectivity index (χ3n) is 1.12. The highest BCUT2D eigenvalue weighted by atomic mass is 16.5. The Bertz CT molecular complexity index is 202. The van der Waals surface area contributed by atoms with Crippen LogP contribution in [0.1, 0.15) is 6.92 Å². The lowest BCUT2D eigenvalue weighted by atomic mass is 10.4. The molecule has 0 bridgehead atoms. The van der Waals surface area contributed by atoms with Gasteiger partial charge in [-0.05, 0) is 6.92 Å². The molecule has 0 spiro atoms. The highest BCUT2D eigenvalue weighted by Crippen LogP contribution is 1.79. The van der Waals surface area contributed by atoms with E-state index in [4.69, 9.17) is 0 Å². The molecule has 0 aromatic heterocycles. The summed E-state index contributed by atoms with van der Waals surface area (Å²) >= 11 is 0. The summed E-state index contributed by atoms with van der Waals surface area (Å²) in [5.74, 6) is -0.359. The maximum absolute atomic E-state index is 10.1. The zero-order valence-electron chi connectivity index (χ0n) is 7.77. The van der Waals surface area contributed by atoms with Crippen LogP contribution in [0.2, 0.25) is 0 Å². The highest BCUT2D eigenvalue weighted by molar-refractivity contribution is 5.81. The van der Waals surface area contributed by atoms with E-state index in [9.17, 15) is 4.79 Å². The molecule has 2 heteroatoms. The van der Waals surface area contributed by atoms with Gasteiger partial charge in [-0.25, -0.2) is 4.79 Å². The van der Waals surface area contributed by atoms with Crippen molar-refractivity contribution < 1.29 is 9.53 Å². The lowest BCUT2D eigenvalue weighted by Gasteiger charge is -1.90. The first-order valence-electron chi connectivity index (χ1n) is 4.10. The van der Waals surface area contributed by atoms with E-state index >= 15 is 0 Å². The average Bonchev–Trinajstić information content (AvgIpc) is 2.22. The summed E-state index contributed by atoms with van der Waals surface area (Å²) in [6, 6.07) is 12.0. The van der Waals surface area contributed by atoms with Crippen LogP contribution in [0.25, 0.3) is 0 Å². The summed E-state index contributed by atoms with van der Waals surface area (Å²) in [6.45, 7) is 5.38. The molecule has 13 heavy (non-hydrogen) atoms. The molecule has 0 amide bonds. The zero-order chi connectivity index (χ0) is 9.94. The summed E-state index contributed by atoms with van der Waals surface area (Å²) in [4.78, 5) is 10.1. The van der Waals surface area contributed by atoms with Gasteiger partial charge in [0.15, 0.2) is 0 Å². The highest BCUT2D eigenvalue weighted by Gasteiger charge is 1.86. The summed E-state index contributed by atoms with van der Waals surface area (Å²) in [7, 11) is 0. The SMILES string of the molecule is C=CC(=O)OCC.c1ccccc1. The number of hydrogen-bond acceptors (Lipinski definition) is 2. The maximum Gasteiger partial charge on any atom is 0.330 e. The third-order valence-corrected chi connectivity index (χ3v) is 1.12. The van der Waals surface area contributed by atoms with Gasteiger partial charge in [0, 0.05) is 6.08 Å². The van der Waals surface area contributed by atoms with Crippen molar-refractivity contribution in [1.29, 1.82) is 0 Å². The first-order chi connectivity index (χ1) is 6.31. The normalized spacial score (nSPS) is 7.77. The molecule has 0 aliphatic rings. The van der Waals surface area contributed by atoms with Crippen molar-refractivity contribution in [3.05, 3.63) is 49.1 Å². The molecular weight excluding hydrogens is 164 g/mol. The van der Waals surface area contributed by atoms with Crippen LogP contribution < -0.4 is 0 Å². The molecule has 0 aliphatic heterocycles. The minimum absolute atomic E-state index is 0.359. The Morgan fingerprint density at radius 3 is 1.77 bits per heavy atom. The Morgan fingerprint density at radius 2 is 1.62 bits per heavy atom. The first kappa shape index (κ1) is 11.4. The number of benzene rings is 1. The van der Waals surface area contributed by atoms with Crippen LogP contribution in [0.15, 0.2) is 49.1 Å². The van der Waals surface area contributed by atoms with Gasteiger partial charge in [0.2, 0.25) is 0 Å². The van der Waals surface area contributed by atoms with E-state index in [0.717, 1.165) is 6.08 Å². The second-order valence-electron chi connectivity index (χ2n) is 2.11. The molecule has 1 aromatic rings. The van der Waals surface area contributed by atoms with Gasteiger partial charge in [-0.15, -0.1) is 0 Å². The molecule has 0 radical (unpaired) electrons. The van der Waals surface area contributed by atoms with Gasteiger partial charge in [0.05, 0.1) is 6.61 Å². The number of rotatable bonds is 2. The summed E-state index contributed by atoms with van der Waals surface area (Å²) in [5.41, 5.74) is 0. The Balaban J connectivity index is 0.000000223.